The Morgan fingerprint density at radius 2 is 2.00 bits per heavy atom. The Morgan fingerprint density at radius 1 is 1.33 bits per heavy atom. The Labute approximate surface area is 89.5 Å². The molecule has 0 radical (unpaired) electrons. The van der Waals surface area contributed by atoms with E-state index in [2.05, 4.69) is 6.58 Å². The summed E-state index contributed by atoms with van der Waals surface area (Å²) >= 11 is 0. The molecule has 0 saturated heterocycles. The van der Waals surface area contributed by atoms with Gasteiger partial charge in [-0.3, -0.25) is 4.79 Å². The molecule has 1 aromatic carbocycles. The van der Waals surface area contributed by atoms with E-state index in [0.717, 1.165) is 16.7 Å². The monoisotopic (exact) mass is 199 g/mol. The van der Waals surface area contributed by atoms with E-state index in [0.29, 0.717) is 6.54 Å². The van der Waals surface area contributed by atoms with Gasteiger partial charge in [0, 0.05) is 19.2 Å². The average molecular weight is 199 g/mol. The number of hydrogen-bond acceptors (Lipinski definition) is 1. The number of carbonyl (C=O) groups is 1. The van der Waals surface area contributed by atoms with E-state index in [4.69, 9.17) is 0 Å². The van der Waals surface area contributed by atoms with Crippen LogP contribution in [0.5, 0.6) is 0 Å². The minimum atomic E-state index is 0.0896. The highest BCUT2D eigenvalue weighted by atomic mass is 16.2. The third-order valence-corrected chi connectivity index (χ3v) is 2.58. The normalized spacial score (nSPS) is 17.8. The summed E-state index contributed by atoms with van der Waals surface area (Å²) in [6.45, 7) is 4.35. The summed E-state index contributed by atoms with van der Waals surface area (Å²) in [7, 11) is 1.81. The van der Waals surface area contributed by atoms with Gasteiger partial charge in [-0.15, -0.1) is 0 Å². The molecule has 0 saturated carbocycles. The molecule has 2 heteroatoms. The van der Waals surface area contributed by atoms with Crippen LogP contribution in [0.3, 0.4) is 0 Å². The van der Waals surface area contributed by atoms with Crippen LogP contribution in [0.2, 0.25) is 0 Å². The van der Waals surface area contributed by atoms with Gasteiger partial charge in [0.2, 0.25) is 0 Å². The first-order chi connectivity index (χ1) is 7.24. The second-order valence-corrected chi connectivity index (χ2v) is 3.63. The summed E-state index contributed by atoms with van der Waals surface area (Å²) in [5, 5.41) is 0. The predicted molar refractivity (Wildman–Crippen MR) is 61.6 cm³/mol. The van der Waals surface area contributed by atoms with E-state index < -0.39 is 0 Å². The summed E-state index contributed by atoms with van der Waals surface area (Å²) in [5.74, 6) is 0.0896. The van der Waals surface area contributed by atoms with Crippen molar-refractivity contribution >= 4 is 11.5 Å². The molecule has 1 heterocycles. The maximum atomic E-state index is 11.8. The average Bonchev–Trinajstić information content (AvgIpc) is 2.26. The highest BCUT2D eigenvalue weighted by Crippen LogP contribution is 2.26. The maximum Gasteiger partial charge on any atom is 0.254 e. The maximum absolute atomic E-state index is 11.8. The van der Waals surface area contributed by atoms with Crippen molar-refractivity contribution in [3.8, 4) is 0 Å². The molecule has 1 aliphatic heterocycles. The molecule has 0 atom stereocenters. The summed E-state index contributed by atoms with van der Waals surface area (Å²) in [6, 6.07) is 7.69. The lowest BCUT2D eigenvalue weighted by Gasteiger charge is -2.26. The van der Waals surface area contributed by atoms with Crippen LogP contribution in [-0.4, -0.2) is 24.4 Å². The fourth-order valence-corrected chi connectivity index (χ4v) is 1.85. The zero-order chi connectivity index (χ0) is 10.8. The molecule has 0 bridgehead atoms. The van der Waals surface area contributed by atoms with Crippen molar-refractivity contribution in [3.05, 3.63) is 54.1 Å². The van der Waals surface area contributed by atoms with Crippen molar-refractivity contribution in [2.45, 2.75) is 0 Å². The van der Waals surface area contributed by atoms with E-state index >= 15 is 0 Å². The first-order valence-corrected chi connectivity index (χ1v) is 4.90. The predicted octanol–water partition coefficient (Wildman–Crippen LogP) is 2.34. The number of allylic oxidation sites excluding steroid dienone is 2. The standard InChI is InChI=1S/C13H13NO/c1-3-6-10-9-14(2)13(15)12-8-5-4-7-11(10)12/h3-8H,1,9H2,2H3/b10-6+. The zero-order valence-corrected chi connectivity index (χ0v) is 8.73. The van der Waals surface area contributed by atoms with Gasteiger partial charge in [0.15, 0.2) is 0 Å². The summed E-state index contributed by atoms with van der Waals surface area (Å²) in [5.41, 5.74) is 2.95. The van der Waals surface area contributed by atoms with Crippen molar-refractivity contribution in [2.24, 2.45) is 0 Å². The third-order valence-electron chi connectivity index (χ3n) is 2.58. The number of hydrogen-bond donors (Lipinski definition) is 0. The lowest BCUT2D eigenvalue weighted by Crippen LogP contribution is -2.33. The lowest BCUT2D eigenvalue weighted by molar-refractivity contribution is 0.0805. The van der Waals surface area contributed by atoms with E-state index in [1.54, 1.807) is 11.0 Å². The van der Waals surface area contributed by atoms with E-state index in [-0.39, 0.29) is 5.91 Å². The molecule has 0 spiro atoms. The molecule has 1 amide bonds. The number of nitrogens with zero attached hydrogens (tertiary/aromatic N) is 1. The van der Waals surface area contributed by atoms with Crippen LogP contribution < -0.4 is 0 Å². The van der Waals surface area contributed by atoms with Gasteiger partial charge >= 0.3 is 0 Å². The number of carbonyl (C=O) groups excluding carboxylic acids is 1. The number of benzene rings is 1. The second-order valence-electron chi connectivity index (χ2n) is 3.63. The minimum absolute atomic E-state index is 0.0896. The summed E-state index contributed by atoms with van der Waals surface area (Å²) < 4.78 is 0. The largest absolute Gasteiger partial charge is 0.337 e. The van der Waals surface area contributed by atoms with E-state index in [1.807, 2.05) is 37.4 Å². The Morgan fingerprint density at radius 3 is 2.67 bits per heavy atom. The van der Waals surface area contributed by atoms with Crippen molar-refractivity contribution < 1.29 is 4.79 Å². The molecule has 0 N–H and O–H groups in total. The summed E-state index contributed by atoms with van der Waals surface area (Å²) in [6.07, 6.45) is 3.72. The Kier molecular flexibility index (Phi) is 2.42. The van der Waals surface area contributed by atoms with Crippen molar-refractivity contribution in [1.29, 1.82) is 0 Å². The van der Waals surface area contributed by atoms with Crippen LogP contribution in [0.4, 0.5) is 0 Å². The molecule has 0 aromatic heterocycles. The van der Waals surface area contributed by atoms with Gasteiger partial charge in [-0.1, -0.05) is 36.9 Å². The van der Waals surface area contributed by atoms with Gasteiger partial charge in [0.05, 0.1) is 0 Å². The number of rotatable bonds is 1. The van der Waals surface area contributed by atoms with E-state index in [9.17, 15) is 4.79 Å². The molecule has 1 aromatic rings. The Bertz CT molecular complexity index is 446. The first-order valence-electron chi connectivity index (χ1n) is 4.90. The summed E-state index contributed by atoms with van der Waals surface area (Å²) in [4.78, 5) is 13.6. The molecule has 2 nitrogen and oxygen atoms in total. The molecule has 0 fully saturated rings. The minimum Gasteiger partial charge on any atom is -0.337 e. The highest BCUT2D eigenvalue weighted by Gasteiger charge is 2.23. The smallest absolute Gasteiger partial charge is 0.254 e. The highest BCUT2D eigenvalue weighted by molar-refractivity contribution is 6.02. The van der Waals surface area contributed by atoms with Crippen LogP contribution in [0, 0.1) is 0 Å². The fraction of sp³-hybridized carbons (Fsp3) is 0.154. The van der Waals surface area contributed by atoms with Gasteiger partial charge in [-0.25, -0.2) is 0 Å². The third kappa shape index (κ3) is 1.59. The number of amides is 1. The van der Waals surface area contributed by atoms with Gasteiger partial charge < -0.3 is 4.90 Å². The lowest BCUT2D eigenvalue weighted by atomic mass is 9.94. The Balaban J connectivity index is 2.59. The molecule has 2 rings (SSSR count). The molecular weight excluding hydrogens is 186 g/mol. The van der Waals surface area contributed by atoms with Crippen LogP contribution in [0.1, 0.15) is 15.9 Å². The quantitative estimate of drug-likeness (QED) is 0.679. The first kappa shape index (κ1) is 9.71. The van der Waals surface area contributed by atoms with Crippen LogP contribution in [0.25, 0.3) is 5.57 Å². The van der Waals surface area contributed by atoms with Crippen LogP contribution in [-0.2, 0) is 0 Å². The molecule has 76 valence electrons. The van der Waals surface area contributed by atoms with Crippen molar-refractivity contribution in [2.75, 3.05) is 13.6 Å². The number of fused-ring (bicyclic) bond motifs is 1. The second kappa shape index (κ2) is 3.73. The number of likely N-dealkylation sites (N-methyl/N-ethyl adjacent to an activating group) is 1. The van der Waals surface area contributed by atoms with Crippen molar-refractivity contribution in [3.63, 3.8) is 0 Å². The molecular formula is C13H13NO. The van der Waals surface area contributed by atoms with Gasteiger partial charge in [-0.05, 0) is 17.2 Å². The SMILES string of the molecule is C=C/C=C1\CN(C)C(=O)c2ccccc21. The molecule has 0 aliphatic carbocycles. The molecule has 0 unspecified atom stereocenters. The van der Waals surface area contributed by atoms with Crippen LogP contribution in [0.15, 0.2) is 43.0 Å². The zero-order valence-electron chi connectivity index (χ0n) is 8.73. The molecule has 15 heavy (non-hydrogen) atoms. The van der Waals surface area contributed by atoms with Gasteiger partial charge in [0.25, 0.3) is 5.91 Å². The van der Waals surface area contributed by atoms with Crippen molar-refractivity contribution in [1.82, 2.24) is 4.90 Å². The van der Waals surface area contributed by atoms with Gasteiger partial charge in [0.1, 0.15) is 0 Å². The van der Waals surface area contributed by atoms with Crippen LogP contribution >= 0.6 is 0 Å². The van der Waals surface area contributed by atoms with E-state index in [1.165, 1.54) is 0 Å². The molecule has 1 aliphatic rings. The topological polar surface area (TPSA) is 20.3 Å². The Hall–Kier alpha value is -1.83. The van der Waals surface area contributed by atoms with Gasteiger partial charge in [-0.2, -0.15) is 0 Å². The fourth-order valence-electron chi connectivity index (χ4n) is 1.85.